The van der Waals surface area contributed by atoms with Crippen LogP contribution in [0.5, 0.6) is 0 Å². The van der Waals surface area contributed by atoms with Crippen LogP contribution < -0.4 is 0 Å². The van der Waals surface area contributed by atoms with Gasteiger partial charge in [0.15, 0.2) is 0 Å². The molecular weight excluding hydrogens is 228 g/mol. The Bertz CT molecular complexity index is 448. The van der Waals surface area contributed by atoms with Crippen molar-refractivity contribution in [1.82, 2.24) is 4.90 Å². The lowest BCUT2D eigenvalue weighted by atomic mass is 10.0. The molecule has 96 valence electrons. The quantitative estimate of drug-likeness (QED) is 0.763. The first-order valence-electron chi connectivity index (χ1n) is 5.81. The molecule has 4 nitrogen and oxygen atoms in total. The topological polar surface area (TPSA) is 53.3 Å². The second-order valence-corrected chi connectivity index (χ2v) is 4.27. The zero-order chi connectivity index (χ0) is 13.7. The van der Waals surface area contributed by atoms with Crippen LogP contribution in [0.4, 0.5) is 0 Å². The van der Waals surface area contributed by atoms with Gasteiger partial charge in [0.05, 0.1) is 18.7 Å². The smallest absolute Gasteiger partial charge is 0.322 e. The van der Waals surface area contributed by atoms with Gasteiger partial charge in [-0.15, -0.1) is 0 Å². The van der Waals surface area contributed by atoms with E-state index in [0.717, 1.165) is 5.56 Å². The van der Waals surface area contributed by atoms with Crippen molar-refractivity contribution in [1.29, 1.82) is 5.26 Å². The number of methoxy groups -OCH3 is 1. The van der Waals surface area contributed by atoms with Crippen molar-refractivity contribution in [2.24, 2.45) is 0 Å². The average molecular weight is 246 g/mol. The second kappa shape index (κ2) is 6.18. The van der Waals surface area contributed by atoms with Crippen molar-refractivity contribution in [3.05, 3.63) is 35.4 Å². The molecule has 0 fully saturated rings. The maximum absolute atomic E-state index is 11.5. The Morgan fingerprint density at radius 3 is 2.33 bits per heavy atom. The maximum Gasteiger partial charge on any atom is 0.322 e. The predicted octanol–water partition coefficient (Wildman–Crippen LogP) is 2.11. The number of likely N-dealkylation sites (N-methyl/N-ethyl adjacent to an activating group) is 1. The Hall–Kier alpha value is -1.86. The summed E-state index contributed by atoms with van der Waals surface area (Å²) in [7, 11) is 3.27. The first kappa shape index (κ1) is 14.2. The summed E-state index contributed by atoms with van der Waals surface area (Å²) >= 11 is 0. The Balaban J connectivity index is 2.82. The number of nitrogens with zero attached hydrogens (tertiary/aromatic N) is 2. The molecule has 0 N–H and O–H groups in total. The summed E-state index contributed by atoms with van der Waals surface area (Å²) in [4.78, 5) is 13.4. The van der Waals surface area contributed by atoms with Crippen LogP contribution in [0.25, 0.3) is 0 Å². The van der Waals surface area contributed by atoms with Gasteiger partial charge in [-0.25, -0.2) is 0 Å². The fraction of sp³-hybridized carbons (Fsp3) is 0.429. The van der Waals surface area contributed by atoms with E-state index in [4.69, 9.17) is 10.00 Å². The summed E-state index contributed by atoms with van der Waals surface area (Å²) < 4.78 is 4.73. The van der Waals surface area contributed by atoms with Crippen molar-refractivity contribution in [2.45, 2.75) is 25.9 Å². The predicted molar refractivity (Wildman–Crippen MR) is 68.8 cm³/mol. The normalized spacial score (nSPS) is 13.8. The molecule has 0 aliphatic rings. The van der Waals surface area contributed by atoms with Crippen LogP contribution in [0.15, 0.2) is 24.3 Å². The molecule has 0 saturated carbocycles. The van der Waals surface area contributed by atoms with E-state index in [0.29, 0.717) is 5.56 Å². The van der Waals surface area contributed by atoms with Gasteiger partial charge in [0.1, 0.15) is 6.04 Å². The second-order valence-electron chi connectivity index (χ2n) is 4.27. The third-order valence-corrected chi connectivity index (χ3v) is 3.29. The summed E-state index contributed by atoms with van der Waals surface area (Å²) in [5.74, 6) is -0.252. The highest BCUT2D eigenvalue weighted by atomic mass is 16.5. The minimum absolute atomic E-state index is 0.0758. The molecule has 2 atom stereocenters. The van der Waals surface area contributed by atoms with Crippen LogP contribution in [-0.2, 0) is 9.53 Å². The number of hydrogen-bond acceptors (Lipinski definition) is 4. The third kappa shape index (κ3) is 3.08. The summed E-state index contributed by atoms with van der Waals surface area (Å²) in [5, 5.41) is 8.75. The molecule has 0 unspecified atom stereocenters. The molecule has 0 aliphatic heterocycles. The first-order valence-corrected chi connectivity index (χ1v) is 5.81. The van der Waals surface area contributed by atoms with Gasteiger partial charge in [-0.2, -0.15) is 5.26 Å². The molecule has 0 radical (unpaired) electrons. The molecule has 1 aromatic rings. The highest BCUT2D eigenvalue weighted by molar-refractivity contribution is 5.75. The molecule has 18 heavy (non-hydrogen) atoms. The van der Waals surface area contributed by atoms with Crippen LogP contribution in [0, 0.1) is 11.3 Å². The van der Waals surface area contributed by atoms with E-state index in [2.05, 4.69) is 6.07 Å². The number of rotatable bonds is 4. The molecule has 0 aromatic heterocycles. The number of carbonyl (C=O) groups is 1. The molecule has 0 spiro atoms. The highest BCUT2D eigenvalue weighted by Crippen LogP contribution is 2.21. The average Bonchev–Trinajstić information content (AvgIpc) is 2.44. The lowest BCUT2D eigenvalue weighted by Gasteiger charge is -2.29. The molecule has 0 amide bonds. The van der Waals surface area contributed by atoms with Gasteiger partial charge in [-0.1, -0.05) is 12.1 Å². The van der Waals surface area contributed by atoms with Crippen molar-refractivity contribution in [3.8, 4) is 6.07 Å². The molecule has 0 heterocycles. The standard InChI is InChI=1S/C14H18N2O2/c1-10(16(3)11(2)14(17)18-4)13-7-5-12(9-15)6-8-13/h5-8,10-11H,1-4H3/t10-,11-/m0/s1. The monoisotopic (exact) mass is 246 g/mol. The summed E-state index contributed by atoms with van der Waals surface area (Å²) in [6, 6.07) is 9.23. The van der Waals surface area contributed by atoms with Gasteiger partial charge in [0.25, 0.3) is 0 Å². The number of nitriles is 1. The van der Waals surface area contributed by atoms with Gasteiger partial charge in [0, 0.05) is 6.04 Å². The Morgan fingerprint density at radius 2 is 1.89 bits per heavy atom. The summed E-state index contributed by atoms with van der Waals surface area (Å²) in [6.07, 6.45) is 0. The minimum atomic E-state index is -0.305. The van der Waals surface area contributed by atoms with Crippen LogP contribution >= 0.6 is 0 Å². The van der Waals surface area contributed by atoms with Gasteiger partial charge in [0.2, 0.25) is 0 Å². The Labute approximate surface area is 108 Å². The van der Waals surface area contributed by atoms with Crippen LogP contribution in [-0.4, -0.2) is 31.1 Å². The SMILES string of the molecule is COC(=O)[C@H](C)N(C)[C@@H](C)c1ccc(C#N)cc1. The fourth-order valence-electron chi connectivity index (χ4n) is 1.74. The van der Waals surface area contributed by atoms with Crippen LogP contribution in [0.3, 0.4) is 0 Å². The van der Waals surface area contributed by atoms with E-state index >= 15 is 0 Å². The summed E-state index contributed by atoms with van der Waals surface area (Å²) in [5.41, 5.74) is 1.70. The van der Waals surface area contributed by atoms with Gasteiger partial charge in [-0.3, -0.25) is 9.69 Å². The van der Waals surface area contributed by atoms with E-state index in [1.54, 1.807) is 12.1 Å². The molecule has 0 bridgehead atoms. The zero-order valence-corrected chi connectivity index (χ0v) is 11.2. The lowest BCUT2D eigenvalue weighted by molar-refractivity contribution is -0.146. The van der Waals surface area contributed by atoms with Gasteiger partial charge < -0.3 is 4.74 Å². The molecule has 1 rings (SSSR count). The number of esters is 1. The Kier molecular flexibility index (Phi) is 4.87. The summed E-state index contributed by atoms with van der Waals surface area (Å²) in [6.45, 7) is 3.83. The van der Waals surface area contributed by atoms with E-state index in [9.17, 15) is 4.79 Å². The first-order chi connectivity index (χ1) is 8.51. The van der Waals surface area contributed by atoms with Gasteiger partial charge in [-0.05, 0) is 38.6 Å². The molecular formula is C14H18N2O2. The van der Waals surface area contributed by atoms with E-state index in [-0.39, 0.29) is 18.1 Å². The zero-order valence-electron chi connectivity index (χ0n) is 11.2. The molecule has 4 heteroatoms. The number of ether oxygens (including phenoxy) is 1. The lowest BCUT2D eigenvalue weighted by Crippen LogP contribution is -2.38. The van der Waals surface area contributed by atoms with E-state index in [1.165, 1.54) is 7.11 Å². The van der Waals surface area contributed by atoms with Crippen molar-refractivity contribution < 1.29 is 9.53 Å². The molecule has 0 saturated heterocycles. The maximum atomic E-state index is 11.5. The van der Waals surface area contributed by atoms with E-state index in [1.807, 2.05) is 37.9 Å². The van der Waals surface area contributed by atoms with Crippen molar-refractivity contribution in [2.75, 3.05) is 14.2 Å². The molecule has 1 aromatic carbocycles. The van der Waals surface area contributed by atoms with Gasteiger partial charge >= 0.3 is 5.97 Å². The van der Waals surface area contributed by atoms with Crippen molar-refractivity contribution in [3.63, 3.8) is 0 Å². The Morgan fingerprint density at radius 1 is 1.33 bits per heavy atom. The van der Waals surface area contributed by atoms with Crippen LogP contribution in [0.1, 0.15) is 31.0 Å². The van der Waals surface area contributed by atoms with Crippen molar-refractivity contribution >= 4 is 5.97 Å². The fourth-order valence-corrected chi connectivity index (χ4v) is 1.74. The number of hydrogen-bond donors (Lipinski definition) is 0. The number of benzene rings is 1. The largest absolute Gasteiger partial charge is 0.468 e. The number of carbonyl (C=O) groups excluding carboxylic acids is 1. The van der Waals surface area contributed by atoms with E-state index < -0.39 is 0 Å². The third-order valence-electron chi connectivity index (χ3n) is 3.29. The van der Waals surface area contributed by atoms with Crippen LogP contribution in [0.2, 0.25) is 0 Å². The minimum Gasteiger partial charge on any atom is -0.468 e. The molecule has 0 aliphatic carbocycles. The highest BCUT2D eigenvalue weighted by Gasteiger charge is 2.23.